The van der Waals surface area contributed by atoms with Gasteiger partial charge in [-0.05, 0) is 30.2 Å². The molecule has 33 heavy (non-hydrogen) atoms. The summed E-state index contributed by atoms with van der Waals surface area (Å²) in [6.45, 7) is 3.69. The predicted molar refractivity (Wildman–Crippen MR) is 131 cm³/mol. The summed E-state index contributed by atoms with van der Waals surface area (Å²) in [5.41, 5.74) is 3.37. The number of rotatable bonds is 7. The maximum absolute atomic E-state index is 12.9. The highest BCUT2D eigenvalue weighted by Crippen LogP contribution is 2.25. The van der Waals surface area contributed by atoms with Gasteiger partial charge in [-0.2, -0.15) is 0 Å². The summed E-state index contributed by atoms with van der Waals surface area (Å²) >= 11 is 1.53. The van der Waals surface area contributed by atoms with Gasteiger partial charge >= 0.3 is 0 Å². The van der Waals surface area contributed by atoms with Crippen LogP contribution in [0.4, 0.5) is 5.95 Å². The van der Waals surface area contributed by atoms with Crippen LogP contribution >= 0.6 is 11.8 Å². The lowest BCUT2D eigenvalue weighted by Crippen LogP contribution is -2.49. The SMILES string of the molecule is O=C(CSc1nc2ccccc2n1CCc1ccccc1)N1CCN(c2ncccn2)CC1. The van der Waals surface area contributed by atoms with Crippen LogP contribution in [0, 0.1) is 0 Å². The van der Waals surface area contributed by atoms with Gasteiger partial charge in [0.25, 0.3) is 0 Å². The topological polar surface area (TPSA) is 67.2 Å². The molecule has 0 N–H and O–H groups in total. The smallest absolute Gasteiger partial charge is 0.233 e. The molecule has 0 spiro atoms. The van der Waals surface area contributed by atoms with Crippen molar-refractivity contribution in [2.75, 3.05) is 36.8 Å². The number of carbonyl (C=O) groups excluding carboxylic acids is 1. The van der Waals surface area contributed by atoms with E-state index in [0.29, 0.717) is 18.8 Å². The monoisotopic (exact) mass is 458 g/mol. The minimum absolute atomic E-state index is 0.148. The number of piperazine rings is 1. The van der Waals surface area contributed by atoms with Crippen LogP contribution in [0.2, 0.25) is 0 Å². The molecule has 5 rings (SSSR count). The molecule has 0 atom stereocenters. The standard InChI is InChI=1S/C25H26N6OS/c32-23(29-15-17-30(18-16-29)24-26-12-6-13-27-24)19-33-25-28-21-9-4-5-10-22(21)31(25)14-11-20-7-2-1-3-8-20/h1-10,12-13H,11,14-19H2. The molecule has 1 aliphatic heterocycles. The number of aryl methyl sites for hydroxylation is 2. The quantitative estimate of drug-likeness (QED) is 0.395. The van der Waals surface area contributed by atoms with E-state index in [2.05, 4.69) is 49.8 Å². The number of hydrogen-bond acceptors (Lipinski definition) is 6. The van der Waals surface area contributed by atoms with Gasteiger partial charge in [0.15, 0.2) is 5.16 Å². The summed E-state index contributed by atoms with van der Waals surface area (Å²) < 4.78 is 2.24. The molecule has 2 aromatic carbocycles. The Bertz CT molecular complexity index is 1210. The number of amides is 1. The Hall–Kier alpha value is -3.39. The molecule has 4 aromatic rings. The maximum atomic E-state index is 12.9. The second-order valence-corrected chi connectivity index (χ2v) is 8.92. The number of fused-ring (bicyclic) bond motifs is 1. The zero-order valence-electron chi connectivity index (χ0n) is 18.4. The van der Waals surface area contributed by atoms with Gasteiger partial charge in [0, 0.05) is 45.1 Å². The van der Waals surface area contributed by atoms with E-state index in [1.807, 2.05) is 35.2 Å². The zero-order valence-corrected chi connectivity index (χ0v) is 19.2. The van der Waals surface area contributed by atoms with Crippen LogP contribution < -0.4 is 4.90 Å². The number of hydrogen-bond donors (Lipinski definition) is 0. The van der Waals surface area contributed by atoms with Gasteiger partial charge in [-0.1, -0.05) is 54.2 Å². The lowest BCUT2D eigenvalue weighted by Gasteiger charge is -2.34. The molecule has 1 amide bonds. The highest BCUT2D eigenvalue weighted by atomic mass is 32.2. The van der Waals surface area contributed by atoms with E-state index < -0.39 is 0 Å². The molecule has 3 heterocycles. The fourth-order valence-electron chi connectivity index (χ4n) is 4.09. The molecule has 1 saturated heterocycles. The lowest BCUT2D eigenvalue weighted by molar-refractivity contribution is -0.128. The molecule has 0 saturated carbocycles. The van der Waals surface area contributed by atoms with Crippen LogP contribution in [0.5, 0.6) is 0 Å². The first-order valence-electron chi connectivity index (χ1n) is 11.2. The van der Waals surface area contributed by atoms with Crippen molar-refractivity contribution in [3.05, 3.63) is 78.6 Å². The molecule has 8 heteroatoms. The molecule has 0 bridgehead atoms. The minimum Gasteiger partial charge on any atom is -0.338 e. The van der Waals surface area contributed by atoms with Crippen LogP contribution in [-0.4, -0.2) is 62.3 Å². The predicted octanol–water partition coefficient (Wildman–Crippen LogP) is 3.51. The molecule has 0 aliphatic carbocycles. The normalized spacial score (nSPS) is 14.1. The van der Waals surface area contributed by atoms with E-state index in [0.717, 1.165) is 48.2 Å². The lowest BCUT2D eigenvalue weighted by atomic mass is 10.1. The largest absolute Gasteiger partial charge is 0.338 e. The van der Waals surface area contributed by atoms with Crippen LogP contribution in [0.1, 0.15) is 5.56 Å². The Kier molecular flexibility index (Phi) is 6.53. The second-order valence-electron chi connectivity index (χ2n) is 7.98. The van der Waals surface area contributed by atoms with E-state index in [4.69, 9.17) is 4.98 Å². The zero-order chi connectivity index (χ0) is 22.5. The molecular weight excluding hydrogens is 432 g/mol. The summed E-state index contributed by atoms with van der Waals surface area (Å²) in [5, 5.41) is 0.900. The number of nitrogens with zero attached hydrogens (tertiary/aromatic N) is 6. The Balaban J connectivity index is 1.22. The van der Waals surface area contributed by atoms with Crippen molar-refractivity contribution in [2.45, 2.75) is 18.1 Å². The van der Waals surface area contributed by atoms with E-state index >= 15 is 0 Å². The first-order chi connectivity index (χ1) is 16.3. The Morgan fingerprint density at radius 1 is 0.879 bits per heavy atom. The van der Waals surface area contributed by atoms with Crippen molar-refractivity contribution in [3.63, 3.8) is 0 Å². The highest BCUT2D eigenvalue weighted by Gasteiger charge is 2.23. The minimum atomic E-state index is 0.148. The van der Waals surface area contributed by atoms with E-state index in [-0.39, 0.29) is 5.91 Å². The first-order valence-corrected chi connectivity index (χ1v) is 12.2. The molecule has 168 valence electrons. The molecule has 1 aliphatic rings. The van der Waals surface area contributed by atoms with Crippen molar-refractivity contribution >= 4 is 34.7 Å². The fraction of sp³-hybridized carbons (Fsp3) is 0.280. The van der Waals surface area contributed by atoms with Gasteiger partial charge in [0.05, 0.1) is 16.8 Å². The number of anilines is 1. The summed E-state index contributed by atoms with van der Waals surface area (Å²) in [5.74, 6) is 1.26. The first kappa shape index (κ1) is 21.5. The van der Waals surface area contributed by atoms with Crippen LogP contribution in [0.3, 0.4) is 0 Å². The molecule has 0 unspecified atom stereocenters. The van der Waals surface area contributed by atoms with E-state index in [9.17, 15) is 4.79 Å². The van der Waals surface area contributed by atoms with Gasteiger partial charge in [-0.25, -0.2) is 15.0 Å². The van der Waals surface area contributed by atoms with Gasteiger partial charge in [0.2, 0.25) is 11.9 Å². The third-order valence-electron chi connectivity index (χ3n) is 5.88. The van der Waals surface area contributed by atoms with Crippen LogP contribution in [0.25, 0.3) is 11.0 Å². The molecule has 1 fully saturated rings. The van der Waals surface area contributed by atoms with Crippen molar-refractivity contribution in [1.29, 1.82) is 0 Å². The van der Waals surface area contributed by atoms with Gasteiger partial charge < -0.3 is 14.4 Å². The number of aromatic nitrogens is 4. The summed E-state index contributed by atoms with van der Waals surface area (Å²) in [4.78, 5) is 30.5. The Labute approximate surface area is 197 Å². The number of carbonyl (C=O) groups is 1. The summed E-state index contributed by atoms with van der Waals surface area (Å²) in [7, 11) is 0. The van der Waals surface area contributed by atoms with Crippen molar-refractivity contribution in [3.8, 4) is 0 Å². The van der Waals surface area contributed by atoms with Crippen molar-refractivity contribution < 1.29 is 4.79 Å². The number of benzene rings is 2. The molecular formula is C25H26N6OS. The summed E-state index contributed by atoms with van der Waals surface area (Å²) in [6.07, 6.45) is 4.42. The molecule has 2 aromatic heterocycles. The van der Waals surface area contributed by atoms with Crippen molar-refractivity contribution in [1.82, 2.24) is 24.4 Å². The van der Waals surface area contributed by atoms with E-state index in [1.165, 1.54) is 17.3 Å². The Morgan fingerprint density at radius 2 is 1.61 bits per heavy atom. The van der Waals surface area contributed by atoms with Crippen molar-refractivity contribution in [2.24, 2.45) is 0 Å². The highest BCUT2D eigenvalue weighted by molar-refractivity contribution is 7.99. The molecule has 0 radical (unpaired) electrons. The fourth-order valence-corrected chi connectivity index (χ4v) is 5.04. The van der Waals surface area contributed by atoms with Gasteiger partial charge in [0.1, 0.15) is 0 Å². The van der Waals surface area contributed by atoms with Gasteiger partial charge in [-0.15, -0.1) is 0 Å². The third kappa shape index (κ3) is 5.01. The second kappa shape index (κ2) is 10.0. The van der Waals surface area contributed by atoms with Gasteiger partial charge in [-0.3, -0.25) is 4.79 Å². The van der Waals surface area contributed by atoms with E-state index in [1.54, 1.807) is 12.4 Å². The third-order valence-corrected chi connectivity index (χ3v) is 6.84. The van der Waals surface area contributed by atoms with Crippen LogP contribution in [-0.2, 0) is 17.8 Å². The van der Waals surface area contributed by atoms with Crippen LogP contribution in [0.15, 0.2) is 78.2 Å². The number of para-hydroxylation sites is 2. The summed E-state index contributed by atoms with van der Waals surface area (Å²) in [6, 6.07) is 20.5. The maximum Gasteiger partial charge on any atom is 0.233 e. The molecule has 7 nitrogen and oxygen atoms in total. The average molecular weight is 459 g/mol. The Morgan fingerprint density at radius 3 is 2.39 bits per heavy atom. The average Bonchev–Trinajstić information content (AvgIpc) is 3.24. The number of thioether (sulfide) groups is 1. The number of imidazole rings is 1.